The number of nitrogens with one attached hydrogen (secondary N) is 1. The van der Waals surface area contributed by atoms with E-state index in [9.17, 15) is 13.2 Å². The lowest BCUT2D eigenvalue weighted by Crippen LogP contribution is -2.27. The van der Waals surface area contributed by atoms with E-state index in [1.165, 1.54) is 0 Å². The van der Waals surface area contributed by atoms with Gasteiger partial charge < -0.3 is 4.74 Å². The van der Waals surface area contributed by atoms with Crippen molar-refractivity contribution in [1.29, 1.82) is 0 Å². The Bertz CT molecular complexity index is 603. The lowest BCUT2D eigenvalue weighted by atomic mass is 10.1. The molecular weight excluding hydrogens is 280 g/mol. The summed E-state index contributed by atoms with van der Waals surface area (Å²) in [7, 11) is -3.57. The van der Waals surface area contributed by atoms with Crippen molar-refractivity contribution < 1.29 is 17.9 Å². The highest BCUT2D eigenvalue weighted by Crippen LogP contribution is 2.19. The molecule has 0 aliphatic heterocycles. The third-order valence-electron chi connectivity index (χ3n) is 2.29. The Balaban J connectivity index is 2.81. The zero-order valence-electron chi connectivity index (χ0n) is 12.1. The summed E-state index contributed by atoms with van der Waals surface area (Å²) in [5, 5.41) is 7.60. The maximum Gasteiger partial charge on any atom is 0.412 e. The molecule has 1 aromatic rings. The molecule has 0 fully saturated rings. The van der Waals surface area contributed by atoms with Crippen LogP contribution in [0.15, 0.2) is 18.2 Å². The number of nitrogens with two attached hydrogens (primary N) is 1. The van der Waals surface area contributed by atoms with Crippen molar-refractivity contribution in [2.45, 2.75) is 39.0 Å². The molecule has 20 heavy (non-hydrogen) atoms. The van der Waals surface area contributed by atoms with Gasteiger partial charge in [0.25, 0.3) is 0 Å². The van der Waals surface area contributed by atoms with Gasteiger partial charge in [0.1, 0.15) is 5.60 Å². The molecule has 1 aromatic carbocycles. The van der Waals surface area contributed by atoms with E-state index in [1.54, 1.807) is 45.9 Å². The summed E-state index contributed by atoms with van der Waals surface area (Å²) < 4.78 is 27.2. The number of benzene rings is 1. The predicted octanol–water partition coefficient (Wildman–Crippen LogP) is 2.13. The van der Waals surface area contributed by atoms with Crippen LogP contribution in [-0.2, 0) is 20.5 Å². The smallest absolute Gasteiger partial charge is 0.412 e. The van der Waals surface area contributed by atoms with Crippen molar-refractivity contribution in [3.63, 3.8) is 0 Å². The number of carbonyl (C=O) groups is 1. The van der Waals surface area contributed by atoms with Crippen LogP contribution in [0.3, 0.4) is 0 Å². The first-order valence-corrected chi connectivity index (χ1v) is 7.78. The van der Waals surface area contributed by atoms with Gasteiger partial charge in [-0.05, 0) is 44.9 Å². The number of aryl methyl sites for hydroxylation is 1. The lowest BCUT2D eigenvalue weighted by molar-refractivity contribution is 0.0636. The molecular formula is C13H20N2O4S. The van der Waals surface area contributed by atoms with Crippen LogP contribution in [0, 0.1) is 6.92 Å². The van der Waals surface area contributed by atoms with E-state index >= 15 is 0 Å². The third-order valence-corrected chi connectivity index (χ3v) is 3.03. The van der Waals surface area contributed by atoms with Crippen molar-refractivity contribution in [1.82, 2.24) is 0 Å². The number of hydrogen-bond acceptors (Lipinski definition) is 4. The topological polar surface area (TPSA) is 98.5 Å². The molecule has 1 rings (SSSR count). The molecule has 0 saturated heterocycles. The number of primary sulfonamides is 1. The fourth-order valence-corrected chi connectivity index (χ4v) is 2.25. The zero-order valence-corrected chi connectivity index (χ0v) is 12.9. The standard InChI is InChI=1S/C13H20N2O4S/c1-9-7-10(8-20(14,17)18)5-6-11(9)15-12(16)19-13(2,3)4/h5-7H,8H2,1-4H3,(H,15,16)(H2,14,17,18). The number of hydrogen-bond donors (Lipinski definition) is 2. The van der Waals surface area contributed by atoms with Gasteiger partial charge in [0.05, 0.1) is 5.75 Å². The number of anilines is 1. The highest BCUT2D eigenvalue weighted by Gasteiger charge is 2.17. The average molecular weight is 300 g/mol. The van der Waals surface area contributed by atoms with Gasteiger partial charge in [-0.3, -0.25) is 5.32 Å². The Morgan fingerprint density at radius 2 is 1.95 bits per heavy atom. The average Bonchev–Trinajstić information content (AvgIpc) is 2.17. The van der Waals surface area contributed by atoms with Gasteiger partial charge in [0.2, 0.25) is 10.0 Å². The minimum absolute atomic E-state index is 0.236. The van der Waals surface area contributed by atoms with Crippen LogP contribution in [0.1, 0.15) is 31.9 Å². The Kier molecular flexibility index (Phi) is 4.77. The lowest BCUT2D eigenvalue weighted by Gasteiger charge is -2.20. The molecule has 0 heterocycles. The quantitative estimate of drug-likeness (QED) is 0.893. The molecule has 7 heteroatoms. The normalized spacial score (nSPS) is 12.1. The van der Waals surface area contributed by atoms with E-state index in [2.05, 4.69) is 5.32 Å². The summed E-state index contributed by atoms with van der Waals surface area (Å²) in [5.74, 6) is -0.236. The summed E-state index contributed by atoms with van der Waals surface area (Å²) in [5.41, 5.74) is 1.29. The van der Waals surface area contributed by atoms with Crippen LogP contribution < -0.4 is 10.5 Å². The van der Waals surface area contributed by atoms with E-state index in [0.29, 0.717) is 11.3 Å². The SMILES string of the molecule is Cc1cc(CS(N)(=O)=O)ccc1NC(=O)OC(C)(C)C. The first-order valence-electron chi connectivity index (χ1n) is 6.06. The summed E-state index contributed by atoms with van der Waals surface area (Å²) >= 11 is 0. The van der Waals surface area contributed by atoms with Crippen molar-refractivity contribution >= 4 is 21.8 Å². The summed E-state index contributed by atoms with van der Waals surface area (Å²) in [6.45, 7) is 7.08. The second-order valence-electron chi connectivity index (χ2n) is 5.58. The number of amides is 1. The molecule has 3 N–H and O–H groups in total. The van der Waals surface area contributed by atoms with Gasteiger partial charge in [-0.1, -0.05) is 12.1 Å². The first kappa shape index (κ1) is 16.5. The van der Waals surface area contributed by atoms with Crippen molar-refractivity contribution in [2.24, 2.45) is 5.14 Å². The van der Waals surface area contributed by atoms with Crippen LogP contribution in [0.4, 0.5) is 10.5 Å². The summed E-state index contributed by atoms with van der Waals surface area (Å²) in [6.07, 6.45) is -0.556. The molecule has 1 amide bonds. The van der Waals surface area contributed by atoms with Crippen molar-refractivity contribution in [3.8, 4) is 0 Å². The monoisotopic (exact) mass is 300 g/mol. The van der Waals surface area contributed by atoms with E-state index < -0.39 is 21.7 Å². The molecule has 0 unspecified atom stereocenters. The summed E-state index contributed by atoms with van der Waals surface area (Å²) in [6, 6.07) is 4.89. The number of carbonyl (C=O) groups excluding carboxylic acids is 1. The van der Waals surface area contributed by atoms with Crippen molar-refractivity contribution in [3.05, 3.63) is 29.3 Å². The number of sulfonamides is 1. The molecule has 0 spiro atoms. The van der Waals surface area contributed by atoms with Gasteiger partial charge in [-0.15, -0.1) is 0 Å². The van der Waals surface area contributed by atoms with Gasteiger partial charge in [0, 0.05) is 5.69 Å². The van der Waals surface area contributed by atoms with Gasteiger partial charge >= 0.3 is 6.09 Å². The van der Waals surface area contributed by atoms with Crippen LogP contribution >= 0.6 is 0 Å². The fourth-order valence-electron chi connectivity index (χ4n) is 1.60. The Morgan fingerprint density at radius 1 is 1.35 bits per heavy atom. The van der Waals surface area contributed by atoms with Gasteiger partial charge in [-0.2, -0.15) is 0 Å². The molecule has 0 saturated carbocycles. The minimum atomic E-state index is -3.57. The number of rotatable bonds is 3. The van der Waals surface area contributed by atoms with Crippen LogP contribution in [0.25, 0.3) is 0 Å². The van der Waals surface area contributed by atoms with Gasteiger partial charge in [0.15, 0.2) is 0 Å². The van der Waals surface area contributed by atoms with E-state index in [1.807, 2.05) is 0 Å². The summed E-state index contributed by atoms with van der Waals surface area (Å²) in [4.78, 5) is 11.6. The molecule has 0 bridgehead atoms. The molecule has 0 atom stereocenters. The molecule has 0 aliphatic carbocycles. The fraction of sp³-hybridized carbons (Fsp3) is 0.462. The maximum atomic E-state index is 11.6. The molecule has 0 radical (unpaired) electrons. The second kappa shape index (κ2) is 5.80. The van der Waals surface area contributed by atoms with Gasteiger partial charge in [-0.25, -0.2) is 18.4 Å². The van der Waals surface area contributed by atoms with Crippen LogP contribution in [0.5, 0.6) is 0 Å². The Morgan fingerprint density at radius 3 is 2.40 bits per heavy atom. The highest BCUT2D eigenvalue weighted by atomic mass is 32.2. The van der Waals surface area contributed by atoms with Crippen LogP contribution in [-0.4, -0.2) is 20.1 Å². The maximum absolute atomic E-state index is 11.6. The second-order valence-corrected chi connectivity index (χ2v) is 7.20. The molecule has 0 aliphatic rings. The van der Waals surface area contributed by atoms with Crippen LogP contribution in [0.2, 0.25) is 0 Å². The third kappa shape index (κ3) is 6.03. The number of ether oxygens (including phenoxy) is 1. The van der Waals surface area contributed by atoms with E-state index in [4.69, 9.17) is 9.88 Å². The first-order chi connectivity index (χ1) is 8.96. The zero-order chi connectivity index (χ0) is 15.6. The minimum Gasteiger partial charge on any atom is -0.444 e. The Labute approximate surface area is 119 Å². The largest absolute Gasteiger partial charge is 0.444 e. The van der Waals surface area contributed by atoms with Crippen molar-refractivity contribution in [2.75, 3.05) is 5.32 Å². The Hall–Kier alpha value is -1.60. The van der Waals surface area contributed by atoms with E-state index in [0.717, 1.165) is 5.56 Å². The predicted molar refractivity (Wildman–Crippen MR) is 77.8 cm³/mol. The molecule has 112 valence electrons. The molecule has 0 aromatic heterocycles. The van der Waals surface area contributed by atoms with E-state index in [-0.39, 0.29) is 5.75 Å². The highest BCUT2D eigenvalue weighted by molar-refractivity contribution is 7.88. The molecule has 6 nitrogen and oxygen atoms in total.